The van der Waals surface area contributed by atoms with Gasteiger partial charge in [-0.1, -0.05) is 0 Å². The molecule has 0 spiro atoms. The summed E-state index contributed by atoms with van der Waals surface area (Å²) in [6.45, 7) is 2.89. The van der Waals surface area contributed by atoms with Gasteiger partial charge in [-0.25, -0.2) is 0 Å². The normalized spacial score (nSPS) is 16.6. The van der Waals surface area contributed by atoms with E-state index in [1.165, 1.54) is 0 Å². The van der Waals surface area contributed by atoms with Crippen molar-refractivity contribution < 1.29 is 14.7 Å². The van der Waals surface area contributed by atoms with E-state index in [0.717, 1.165) is 5.56 Å². The van der Waals surface area contributed by atoms with Gasteiger partial charge in [0.2, 0.25) is 0 Å². The summed E-state index contributed by atoms with van der Waals surface area (Å²) in [6.07, 6.45) is 2.66. The van der Waals surface area contributed by atoms with E-state index in [0.29, 0.717) is 31.6 Å². The molecule has 5 nitrogen and oxygen atoms in total. The second kappa shape index (κ2) is 5.16. The Morgan fingerprint density at radius 1 is 1.39 bits per heavy atom. The first-order chi connectivity index (χ1) is 8.58. The van der Waals surface area contributed by atoms with Crippen LogP contribution in [0.4, 0.5) is 0 Å². The molecule has 2 rings (SSSR count). The van der Waals surface area contributed by atoms with Crippen molar-refractivity contribution in [2.45, 2.75) is 19.8 Å². The van der Waals surface area contributed by atoms with Crippen LogP contribution >= 0.6 is 0 Å². The Morgan fingerprint density at radius 2 is 2.06 bits per heavy atom. The Balaban J connectivity index is 2.02. The van der Waals surface area contributed by atoms with E-state index in [-0.39, 0.29) is 11.8 Å². The fraction of sp³-hybridized carbons (Fsp3) is 0.462. The quantitative estimate of drug-likeness (QED) is 0.857. The highest BCUT2D eigenvalue weighted by molar-refractivity contribution is 5.92. The summed E-state index contributed by atoms with van der Waals surface area (Å²) in [5.74, 6) is -1.20. The van der Waals surface area contributed by atoms with Crippen LogP contribution in [0.15, 0.2) is 18.3 Å². The summed E-state index contributed by atoms with van der Waals surface area (Å²) in [5.41, 5.74) is 1.43. The largest absolute Gasteiger partial charge is 0.481 e. The van der Waals surface area contributed by atoms with E-state index in [9.17, 15) is 9.59 Å². The summed E-state index contributed by atoms with van der Waals surface area (Å²) in [5, 5.41) is 8.90. The van der Waals surface area contributed by atoms with Crippen LogP contribution in [0.1, 0.15) is 28.9 Å². The van der Waals surface area contributed by atoms with Crippen molar-refractivity contribution in [3.8, 4) is 0 Å². The molecule has 0 atom stereocenters. The molecule has 0 bridgehead atoms. The van der Waals surface area contributed by atoms with Crippen LogP contribution < -0.4 is 0 Å². The number of hydrogen-bond donors (Lipinski definition) is 1. The van der Waals surface area contributed by atoms with Gasteiger partial charge in [0.05, 0.1) is 5.92 Å². The van der Waals surface area contributed by atoms with E-state index in [4.69, 9.17) is 5.11 Å². The minimum absolute atomic E-state index is 0.109. The third kappa shape index (κ3) is 2.67. The van der Waals surface area contributed by atoms with E-state index in [2.05, 4.69) is 4.98 Å². The zero-order chi connectivity index (χ0) is 13.1. The van der Waals surface area contributed by atoms with Gasteiger partial charge in [-0.2, -0.15) is 0 Å². The second-order valence-electron chi connectivity index (χ2n) is 4.62. The summed E-state index contributed by atoms with van der Waals surface area (Å²) >= 11 is 0. The summed E-state index contributed by atoms with van der Waals surface area (Å²) in [4.78, 5) is 28.7. The van der Waals surface area contributed by atoms with Crippen molar-refractivity contribution in [1.29, 1.82) is 0 Å². The van der Waals surface area contributed by atoms with Gasteiger partial charge in [0.25, 0.3) is 5.91 Å². The Hall–Kier alpha value is -1.91. The van der Waals surface area contributed by atoms with Gasteiger partial charge in [-0.05, 0) is 37.5 Å². The first kappa shape index (κ1) is 12.5. The maximum absolute atomic E-state index is 12.1. The SMILES string of the molecule is Cc1ccnc(C(=O)N2CCC(C(=O)O)CC2)c1. The maximum Gasteiger partial charge on any atom is 0.306 e. The predicted octanol–water partition coefficient (Wildman–Crippen LogP) is 1.33. The highest BCUT2D eigenvalue weighted by atomic mass is 16.4. The molecule has 0 aliphatic carbocycles. The van der Waals surface area contributed by atoms with Gasteiger partial charge in [-0.15, -0.1) is 0 Å². The molecule has 18 heavy (non-hydrogen) atoms. The highest BCUT2D eigenvalue weighted by Crippen LogP contribution is 2.18. The number of piperidine rings is 1. The molecule has 2 heterocycles. The Morgan fingerprint density at radius 3 is 2.61 bits per heavy atom. The zero-order valence-electron chi connectivity index (χ0n) is 10.3. The number of pyridine rings is 1. The summed E-state index contributed by atoms with van der Waals surface area (Å²) in [6, 6.07) is 3.60. The smallest absolute Gasteiger partial charge is 0.306 e. The number of carbonyl (C=O) groups excluding carboxylic acids is 1. The number of hydrogen-bond acceptors (Lipinski definition) is 3. The Labute approximate surface area is 105 Å². The van der Waals surface area contributed by atoms with Crippen LogP contribution in [-0.2, 0) is 4.79 Å². The number of carboxylic acids is 1. The number of aliphatic carboxylic acids is 1. The van der Waals surface area contributed by atoms with E-state index < -0.39 is 5.97 Å². The van der Waals surface area contributed by atoms with E-state index in [1.54, 1.807) is 17.2 Å². The number of aromatic nitrogens is 1. The van der Waals surface area contributed by atoms with Crippen molar-refractivity contribution in [3.63, 3.8) is 0 Å². The van der Waals surface area contributed by atoms with Crippen LogP contribution in [0.2, 0.25) is 0 Å². The average Bonchev–Trinajstić information content (AvgIpc) is 2.38. The van der Waals surface area contributed by atoms with Crippen molar-refractivity contribution in [2.75, 3.05) is 13.1 Å². The molecule has 0 radical (unpaired) electrons. The molecular formula is C13H16N2O3. The van der Waals surface area contributed by atoms with Crippen molar-refractivity contribution >= 4 is 11.9 Å². The molecule has 1 aromatic rings. The fourth-order valence-corrected chi connectivity index (χ4v) is 2.14. The minimum atomic E-state index is -0.768. The maximum atomic E-state index is 12.1. The van der Waals surface area contributed by atoms with Crippen LogP contribution in [0.25, 0.3) is 0 Å². The second-order valence-corrected chi connectivity index (χ2v) is 4.62. The fourth-order valence-electron chi connectivity index (χ4n) is 2.14. The van der Waals surface area contributed by atoms with Gasteiger partial charge in [-0.3, -0.25) is 14.6 Å². The first-order valence-corrected chi connectivity index (χ1v) is 6.02. The molecule has 1 aromatic heterocycles. The molecule has 1 aliphatic heterocycles. The zero-order valence-corrected chi connectivity index (χ0v) is 10.3. The molecule has 1 saturated heterocycles. The summed E-state index contributed by atoms with van der Waals surface area (Å²) < 4.78 is 0. The number of likely N-dealkylation sites (tertiary alicyclic amines) is 1. The Bertz CT molecular complexity index is 465. The molecule has 0 aromatic carbocycles. The van der Waals surface area contributed by atoms with Crippen LogP contribution in [0.5, 0.6) is 0 Å². The number of rotatable bonds is 2. The number of nitrogens with zero attached hydrogens (tertiary/aromatic N) is 2. The molecule has 96 valence electrons. The predicted molar refractivity (Wildman–Crippen MR) is 65.2 cm³/mol. The monoisotopic (exact) mass is 248 g/mol. The minimum Gasteiger partial charge on any atom is -0.481 e. The first-order valence-electron chi connectivity index (χ1n) is 6.02. The standard InChI is InChI=1S/C13H16N2O3/c1-9-2-5-14-11(8-9)12(16)15-6-3-10(4-7-15)13(17)18/h2,5,8,10H,3-4,6-7H2,1H3,(H,17,18). The van der Waals surface area contributed by atoms with Crippen LogP contribution in [-0.4, -0.2) is 40.0 Å². The van der Waals surface area contributed by atoms with Crippen molar-refractivity contribution in [1.82, 2.24) is 9.88 Å². The third-order valence-corrected chi connectivity index (χ3v) is 3.27. The van der Waals surface area contributed by atoms with Crippen molar-refractivity contribution in [2.24, 2.45) is 5.92 Å². The van der Waals surface area contributed by atoms with E-state index >= 15 is 0 Å². The highest BCUT2D eigenvalue weighted by Gasteiger charge is 2.27. The molecule has 1 fully saturated rings. The lowest BCUT2D eigenvalue weighted by Gasteiger charge is -2.29. The lowest BCUT2D eigenvalue weighted by molar-refractivity contribution is -0.143. The van der Waals surface area contributed by atoms with Crippen molar-refractivity contribution in [3.05, 3.63) is 29.6 Å². The number of aryl methyl sites for hydroxylation is 1. The molecule has 1 aliphatic rings. The van der Waals surface area contributed by atoms with Gasteiger partial charge >= 0.3 is 5.97 Å². The number of amides is 1. The molecule has 0 unspecified atom stereocenters. The molecule has 5 heteroatoms. The number of carboxylic acid groups (broad SMARTS) is 1. The van der Waals surface area contributed by atoms with Gasteiger partial charge < -0.3 is 10.0 Å². The van der Waals surface area contributed by atoms with E-state index in [1.807, 2.05) is 13.0 Å². The lowest BCUT2D eigenvalue weighted by atomic mass is 9.97. The van der Waals surface area contributed by atoms with Crippen LogP contribution in [0, 0.1) is 12.8 Å². The average molecular weight is 248 g/mol. The molecule has 1 amide bonds. The van der Waals surface area contributed by atoms with Gasteiger partial charge in [0.1, 0.15) is 5.69 Å². The summed E-state index contributed by atoms with van der Waals surface area (Å²) in [7, 11) is 0. The van der Waals surface area contributed by atoms with Gasteiger partial charge in [0, 0.05) is 19.3 Å². The van der Waals surface area contributed by atoms with Gasteiger partial charge in [0.15, 0.2) is 0 Å². The van der Waals surface area contributed by atoms with Crippen LogP contribution in [0.3, 0.4) is 0 Å². The topological polar surface area (TPSA) is 70.5 Å². The number of carbonyl (C=O) groups is 2. The molecule has 1 N–H and O–H groups in total. The molecule has 0 saturated carbocycles. The Kier molecular flexibility index (Phi) is 3.60. The molecular weight excluding hydrogens is 232 g/mol. The lowest BCUT2D eigenvalue weighted by Crippen LogP contribution is -2.40. The third-order valence-electron chi connectivity index (χ3n) is 3.27.